The first-order valence-electron chi connectivity index (χ1n) is 5.41. The molecule has 2 N–H and O–H groups in total. The van der Waals surface area contributed by atoms with Crippen LogP contribution in [0, 0.1) is 11.3 Å². The molecule has 1 aromatic carbocycles. The van der Waals surface area contributed by atoms with E-state index in [1.807, 2.05) is 6.07 Å². The van der Waals surface area contributed by atoms with Crippen molar-refractivity contribution in [2.24, 2.45) is 0 Å². The van der Waals surface area contributed by atoms with Crippen LogP contribution >= 0.6 is 0 Å². The molecule has 0 saturated carbocycles. The van der Waals surface area contributed by atoms with Gasteiger partial charge in [0.25, 0.3) is 0 Å². The molecule has 0 fully saturated rings. The highest BCUT2D eigenvalue weighted by Crippen LogP contribution is 2.32. The highest BCUT2D eigenvalue weighted by molar-refractivity contribution is 5.53. The number of nitrogen functional groups attached to an aromatic ring is 1. The molecule has 0 saturated heterocycles. The predicted molar refractivity (Wildman–Crippen MR) is 64.9 cm³/mol. The van der Waals surface area contributed by atoms with Gasteiger partial charge in [-0.1, -0.05) is 0 Å². The zero-order chi connectivity index (χ0) is 14.8. The molecular weight excluding hydrogens is 271 g/mol. The lowest BCUT2D eigenvalue weighted by Crippen LogP contribution is -2.04. The molecule has 0 aliphatic carbocycles. The van der Waals surface area contributed by atoms with E-state index in [9.17, 15) is 13.2 Å². The van der Waals surface area contributed by atoms with Crippen LogP contribution in [0.3, 0.4) is 0 Å². The van der Waals surface area contributed by atoms with Crippen LogP contribution < -0.4 is 10.5 Å². The van der Waals surface area contributed by atoms with Crippen molar-refractivity contribution in [2.45, 2.75) is 6.18 Å². The molecule has 1 aromatic heterocycles. The first-order chi connectivity index (χ1) is 9.40. The van der Waals surface area contributed by atoms with Gasteiger partial charge in [0.2, 0.25) is 5.88 Å². The molecule has 0 radical (unpaired) electrons. The van der Waals surface area contributed by atoms with Gasteiger partial charge in [-0.15, -0.1) is 0 Å². The van der Waals surface area contributed by atoms with Gasteiger partial charge in [-0.25, -0.2) is 4.98 Å². The Morgan fingerprint density at radius 1 is 1.20 bits per heavy atom. The van der Waals surface area contributed by atoms with Gasteiger partial charge in [-0.05, 0) is 30.3 Å². The van der Waals surface area contributed by atoms with Crippen LogP contribution in [0.1, 0.15) is 11.1 Å². The zero-order valence-electron chi connectivity index (χ0n) is 9.98. The molecule has 0 bridgehead atoms. The smallest absolute Gasteiger partial charge is 0.416 e. The Labute approximate surface area is 112 Å². The van der Waals surface area contributed by atoms with Crippen molar-refractivity contribution in [1.29, 1.82) is 5.26 Å². The minimum atomic E-state index is -4.40. The van der Waals surface area contributed by atoms with Gasteiger partial charge in [0.05, 0.1) is 16.8 Å². The van der Waals surface area contributed by atoms with Gasteiger partial charge in [-0.2, -0.15) is 18.4 Å². The summed E-state index contributed by atoms with van der Waals surface area (Å²) in [6.07, 6.45) is -3.14. The van der Waals surface area contributed by atoms with Crippen LogP contribution in [0.2, 0.25) is 0 Å². The zero-order valence-corrected chi connectivity index (χ0v) is 9.98. The molecule has 2 rings (SSSR count). The van der Waals surface area contributed by atoms with Crippen LogP contribution in [-0.4, -0.2) is 4.98 Å². The Morgan fingerprint density at radius 2 is 1.85 bits per heavy atom. The van der Waals surface area contributed by atoms with Crippen LogP contribution in [0.25, 0.3) is 0 Å². The van der Waals surface area contributed by atoms with Crippen molar-refractivity contribution < 1.29 is 17.9 Å². The molecule has 0 spiro atoms. The molecule has 0 amide bonds. The lowest BCUT2D eigenvalue weighted by molar-refractivity contribution is -0.137. The summed E-state index contributed by atoms with van der Waals surface area (Å²) in [4.78, 5) is 3.82. The van der Waals surface area contributed by atoms with Crippen LogP contribution in [-0.2, 0) is 6.18 Å². The summed E-state index contributed by atoms with van der Waals surface area (Å²) in [6.45, 7) is 0. The van der Waals surface area contributed by atoms with Gasteiger partial charge < -0.3 is 10.5 Å². The number of pyridine rings is 1. The molecule has 1 heterocycles. The molecule has 4 nitrogen and oxygen atoms in total. The number of nitrogens with two attached hydrogens (primary N) is 1. The number of ether oxygens (including phenoxy) is 1. The highest BCUT2D eigenvalue weighted by Gasteiger charge is 2.30. The second-order valence-electron chi connectivity index (χ2n) is 3.85. The first-order valence-corrected chi connectivity index (χ1v) is 5.41. The maximum Gasteiger partial charge on any atom is 0.416 e. The maximum absolute atomic E-state index is 12.4. The molecule has 102 valence electrons. The standard InChI is InChI=1S/C13H8F3N3O/c14-13(15,16)9-1-3-10(4-2-9)20-12-11(18)5-8(6-17)7-19-12/h1-5,7H,18H2. The Bertz CT molecular complexity index is 660. The van der Waals surface area contributed by atoms with E-state index in [4.69, 9.17) is 15.7 Å². The summed E-state index contributed by atoms with van der Waals surface area (Å²) in [5.74, 6) is 0.200. The number of nitriles is 1. The number of hydrogen-bond acceptors (Lipinski definition) is 4. The van der Waals surface area contributed by atoms with Crippen LogP contribution in [0.4, 0.5) is 18.9 Å². The van der Waals surface area contributed by atoms with Gasteiger partial charge in [0.15, 0.2) is 0 Å². The normalized spacial score (nSPS) is 10.9. The van der Waals surface area contributed by atoms with Crippen molar-refractivity contribution in [2.75, 3.05) is 5.73 Å². The molecule has 20 heavy (non-hydrogen) atoms. The number of aromatic nitrogens is 1. The molecule has 7 heteroatoms. The fourth-order valence-corrected chi connectivity index (χ4v) is 1.44. The van der Waals surface area contributed by atoms with E-state index in [2.05, 4.69) is 4.98 Å². The third-order valence-corrected chi connectivity index (χ3v) is 2.40. The highest BCUT2D eigenvalue weighted by atomic mass is 19.4. The van der Waals surface area contributed by atoms with E-state index >= 15 is 0 Å². The predicted octanol–water partition coefficient (Wildman–Crippen LogP) is 3.35. The maximum atomic E-state index is 12.4. The van der Waals surface area contributed by atoms with E-state index in [-0.39, 0.29) is 22.9 Å². The van der Waals surface area contributed by atoms with E-state index in [1.165, 1.54) is 24.4 Å². The average molecular weight is 279 g/mol. The van der Waals surface area contributed by atoms with Crippen molar-refractivity contribution in [3.63, 3.8) is 0 Å². The second kappa shape index (κ2) is 5.09. The minimum Gasteiger partial charge on any atom is -0.437 e. The number of rotatable bonds is 2. The van der Waals surface area contributed by atoms with Gasteiger partial charge >= 0.3 is 6.18 Å². The number of hydrogen-bond donors (Lipinski definition) is 1. The minimum absolute atomic E-state index is 0.0313. The third kappa shape index (κ3) is 2.98. The third-order valence-electron chi connectivity index (χ3n) is 2.40. The van der Waals surface area contributed by atoms with E-state index in [1.54, 1.807) is 0 Å². The summed E-state index contributed by atoms with van der Waals surface area (Å²) in [6, 6.07) is 7.36. The van der Waals surface area contributed by atoms with E-state index in [0.29, 0.717) is 0 Å². The Balaban J connectivity index is 2.21. The van der Waals surface area contributed by atoms with Crippen molar-refractivity contribution >= 4 is 5.69 Å². The second-order valence-corrected chi connectivity index (χ2v) is 3.85. The van der Waals surface area contributed by atoms with Crippen LogP contribution in [0.15, 0.2) is 36.5 Å². The van der Waals surface area contributed by atoms with Crippen molar-refractivity contribution in [3.8, 4) is 17.7 Å². The van der Waals surface area contributed by atoms with E-state index < -0.39 is 11.7 Å². The first kappa shape index (κ1) is 13.7. The molecule has 0 unspecified atom stereocenters. The summed E-state index contributed by atoms with van der Waals surface area (Å²) >= 11 is 0. The SMILES string of the molecule is N#Cc1cnc(Oc2ccc(C(F)(F)F)cc2)c(N)c1. The summed E-state index contributed by atoms with van der Waals surface area (Å²) in [5, 5.41) is 8.66. The molecule has 0 aliphatic heterocycles. The van der Waals surface area contributed by atoms with Gasteiger partial charge in [0.1, 0.15) is 11.8 Å². The Hall–Kier alpha value is -2.75. The van der Waals surface area contributed by atoms with Gasteiger partial charge in [0, 0.05) is 6.20 Å². The average Bonchev–Trinajstić information content (AvgIpc) is 2.40. The fourth-order valence-electron chi connectivity index (χ4n) is 1.44. The lowest BCUT2D eigenvalue weighted by atomic mass is 10.2. The Kier molecular flexibility index (Phi) is 3.48. The number of nitrogens with zero attached hydrogens (tertiary/aromatic N) is 2. The molecule has 2 aromatic rings. The van der Waals surface area contributed by atoms with Crippen molar-refractivity contribution in [3.05, 3.63) is 47.7 Å². The van der Waals surface area contributed by atoms with Gasteiger partial charge in [-0.3, -0.25) is 0 Å². The molecule has 0 atom stereocenters. The van der Waals surface area contributed by atoms with Crippen LogP contribution in [0.5, 0.6) is 11.6 Å². The van der Waals surface area contributed by atoms with E-state index in [0.717, 1.165) is 12.1 Å². The Morgan fingerprint density at radius 3 is 2.35 bits per heavy atom. The summed E-state index contributed by atoms with van der Waals surface area (Å²) in [5.41, 5.74) is 5.25. The monoisotopic (exact) mass is 279 g/mol. The lowest BCUT2D eigenvalue weighted by Gasteiger charge is -2.09. The fraction of sp³-hybridized carbons (Fsp3) is 0.0769. The summed E-state index contributed by atoms with van der Waals surface area (Å²) < 4.78 is 42.4. The quantitative estimate of drug-likeness (QED) is 0.915. The molecule has 0 aliphatic rings. The topological polar surface area (TPSA) is 71.9 Å². The summed E-state index contributed by atoms with van der Waals surface area (Å²) in [7, 11) is 0. The number of halogens is 3. The van der Waals surface area contributed by atoms with Crippen molar-refractivity contribution in [1.82, 2.24) is 4.98 Å². The largest absolute Gasteiger partial charge is 0.437 e. The number of anilines is 1. The molecular formula is C13H8F3N3O. The number of alkyl halides is 3. The number of benzene rings is 1.